The van der Waals surface area contributed by atoms with Gasteiger partial charge in [0.25, 0.3) is 0 Å². The van der Waals surface area contributed by atoms with Gasteiger partial charge in [0.1, 0.15) is 5.82 Å². The summed E-state index contributed by atoms with van der Waals surface area (Å²) >= 11 is 0. The van der Waals surface area contributed by atoms with Crippen LogP contribution in [0.15, 0.2) is 23.1 Å². The van der Waals surface area contributed by atoms with Crippen LogP contribution in [-0.2, 0) is 10.8 Å². The van der Waals surface area contributed by atoms with Crippen molar-refractivity contribution in [2.24, 2.45) is 0 Å². The standard InChI is InChI=1S/C8H8F3NOS/c9-5-1-2-6(12)7(3-5)14(13)4-8(10)11/h1-3,8H,4,12H2. The van der Waals surface area contributed by atoms with Crippen molar-refractivity contribution in [1.82, 2.24) is 0 Å². The van der Waals surface area contributed by atoms with Gasteiger partial charge in [-0.3, -0.25) is 4.21 Å². The van der Waals surface area contributed by atoms with E-state index in [0.29, 0.717) is 0 Å². The van der Waals surface area contributed by atoms with Crippen LogP contribution in [0.25, 0.3) is 0 Å². The van der Waals surface area contributed by atoms with Crippen molar-refractivity contribution in [1.29, 1.82) is 0 Å². The first kappa shape index (κ1) is 11.0. The smallest absolute Gasteiger partial charge is 0.250 e. The number of hydrogen-bond acceptors (Lipinski definition) is 2. The van der Waals surface area contributed by atoms with E-state index in [1.54, 1.807) is 0 Å². The Morgan fingerprint density at radius 3 is 2.64 bits per heavy atom. The molecule has 0 aromatic heterocycles. The lowest BCUT2D eigenvalue weighted by atomic mass is 10.3. The number of nitrogen functional groups attached to an aromatic ring is 1. The highest BCUT2D eigenvalue weighted by molar-refractivity contribution is 7.85. The van der Waals surface area contributed by atoms with Crippen LogP contribution in [0.1, 0.15) is 0 Å². The predicted molar refractivity (Wildman–Crippen MR) is 48.1 cm³/mol. The Balaban J connectivity index is 2.94. The fraction of sp³-hybridized carbons (Fsp3) is 0.250. The van der Waals surface area contributed by atoms with Gasteiger partial charge in [-0.05, 0) is 18.2 Å². The second-order valence-corrected chi connectivity index (χ2v) is 4.05. The Kier molecular flexibility index (Phi) is 3.51. The monoisotopic (exact) mass is 223 g/mol. The second kappa shape index (κ2) is 4.45. The summed E-state index contributed by atoms with van der Waals surface area (Å²) in [5.74, 6) is -1.47. The summed E-state index contributed by atoms with van der Waals surface area (Å²) in [7, 11) is -1.95. The summed E-state index contributed by atoms with van der Waals surface area (Å²) in [5, 5.41) is 0. The number of benzene rings is 1. The normalized spacial score (nSPS) is 13.1. The predicted octanol–water partition coefficient (Wildman–Crippen LogP) is 1.78. The van der Waals surface area contributed by atoms with Gasteiger partial charge < -0.3 is 5.73 Å². The molecule has 0 aliphatic heterocycles. The van der Waals surface area contributed by atoms with Gasteiger partial charge in [0.05, 0.1) is 21.4 Å². The van der Waals surface area contributed by atoms with Crippen molar-refractivity contribution in [2.75, 3.05) is 11.5 Å². The zero-order valence-electron chi connectivity index (χ0n) is 7.04. The van der Waals surface area contributed by atoms with E-state index >= 15 is 0 Å². The van der Waals surface area contributed by atoms with Crippen molar-refractivity contribution >= 4 is 16.5 Å². The van der Waals surface area contributed by atoms with E-state index < -0.39 is 28.8 Å². The topological polar surface area (TPSA) is 43.1 Å². The SMILES string of the molecule is Nc1ccc(F)cc1S(=O)CC(F)F. The fourth-order valence-electron chi connectivity index (χ4n) is 0.910. The highest BCUT2D eigenvalue weighted by Crippen LogP contribution is 2.18. The molecule has 2 N–H and O–H groups in total. The van der Waals surface area contributed by atoms with E-state index in [1.165, 1.54) is 6.07 Å². The molecule has 0 spiro atoms. The molecule has 1 unspecified atom stereocenters. The van der Waals surface area contributed by atoms with Crippen LogP contribution in [0.2, 0.25) is 0 Å². The maximum atomic E-state index is 12.7. The van der Waals surface area contributed by atoms with Gasteiger partial charge >= 0.3 is 0 Å². The molecular weight excluding hydrogens is 215 g/mol. The molecule has 0 heterocycles. The lowest BCUT2D eigenvalue weighted by molar-refractivity contribution is 0.175. The van der Waals surface area contributed by atoms with Crippen LogP contribution >= 0.6 is 0 Å². The number of rotatable bonds is 3. The Hall–Kier alpha value is -1.04. The first-order chi connectivity index (χ1) is 6.50. The van der Waals surface area contributed by atoms with E-state index in [0.717, 1.165) is 12.1 Å². The second-order valence-electron chi connectivity index (χ2n) is 2.59. The van der Waals surface area contributed by atoms with Crippen molar-refractivity contribution < 1.29 is 17.4 Å². The van der Waals surface area contributed by atoms with E-state index in [1.807, 2.05) is 0 Å². The number of hydrogen-bond donors (Lipinski definition) is 1. The summed E-state index contributed by atoms with van der Waals surface area (Å²) in [6.07, 6.45) is -2.70. The maximum absolute atomic E-state index is 12.7. The first-order valence-electron chi connectivity index (χ1n) is 3.72. The number of alkyl halides is 2. The van der Waals surface area contributed by atoms with Crippen LogP contribution in [0.5, 0.6) is 0 Å². The number of anilines is 1. The molecule has 0 bridgehead atoms. The maximum Gasteiger partial charge on any atom is 0.250 e. The van der Waals surface area contributed by atoms with Crippen molar-refractivity contribution in [3.8, 4) is 0 Å². The van der Waals surface area contributed by atoms with E-state index in [9.17, 15) is 17.4 Å². The largest absolute Gasteiger partial charge is 0.398 e. The Bertz CT molecular complexity index is 356. The minimum atomic E-state index is -2.70. The van der Waals surface area contributed by atoms with Gasteiger partial charge in [-0.1, -0.05) is 0 Å². The summed E-state index contributed by atoms with van der Waals surface area (Å²) in [5.41, 5.74) is 5.42. The number of halogens is 3. The fourth-order valence-corrected chi connectivity index (χ4v) is 1.89. The Morgan fingerprint density at radius 2 is 2.07 bits per heavy atom. The van der Waals surface area contributed by atoms with Crippen LogP contribution in [-0.4, -0.2) is 16.4 Å². The lowest BCUT2D eigenvalue weighted by Crippen LogP contribution is -2.09. The van der Waals surface area contributed by atoms with Gasteiger partial charge in [0, 0.05) is 5.69 Å². The number of nitrogens with two attached hydrogens (primary N) is 1. The van der Waals surface area contributed by atoms with Crippen molar-refractivity contribution in [3.63, 3.8) is 0 Å². The molecule has 14 heavy (non-hydrogen) atoms. The highest BCUT2D eigenvalue weighted by Gasteiger charge is 2.14. The van der Waals surface area contributed by atoms with Gasteiger partial charge in [-0.25, -0.2) is 13.2 Å². The molecule has 6 heteroatoms. The molecule has 0 fully saturated rings. The van der Waals surface area contributed by atoms with E-state index in [2.05, 4.69) is 0 Å². The zero-order valence-corrected chi connectivity index (χ0v) is 7.86. The van der Waals surface area contributed by atoms with Crippen LogP contribution in [0.3, 0.4) is 0 Å². The van der Waals surface area contributed by atoms with Crippen molar-refractivity contribution in [3.05, 3.63) is 24.0 Å². The van der Waals surface area contributed by atoms with Gasteiger partial charge in [-0.15, -0.1) is 0 Å². The zero-order chi connectivity index (χ0) is 10.7. The molecule has 1 aromatic carbocycles. The van der Waals surface area contributed by atoms with Crippen LogP contribution < -0.4 is 5.73 Å². The third-order valence-corrected chi connectivity index (χ3v) is 2.90. The average molecular weight is 223 g/mol. The third-order valence-electron chi connectivity index (χ3n) is 1.50. The lowest BCUT2D eigenvalue weighted by Gasteiger charge is -2.04. The minimum Gasteiger partial charge on any atom is -0.398 e. The van der Waals surface area contributed by atoms with Gasteiger partial charge in [-0.2, -0.15) is 0 Å². The molecular formula is C8H8F3NOS. The van der Waals surface area contributed by atoms with E-state index in [4.69, 9.17) is 5.73 Å². The molecule has 0 saturated carbocycles. The molecule has 0 saturated heterocycles. The molecule has 0 radical (unpaired) electrons. The van der Waals surface area contributed by atoms with Crippen molar-refractivity contribution in [2.45, 2.75) is 11.3 Å². The summed E-state index contributed by atoms with van der Waals surface area (Å²) in [4.78, 5) is -0.0784. The van der Waals surface area contributed by atoms with Crippen LogP contribution in [0, 0.1) is 5.82 Å². The molecule has 1 aromatic rings. The molecule has 2 nitrogen and oxygen atoms in total. The quantitative estimate of drug-likeness (QED) is 0.794. The highest BCUT2D eigenvalue weighted by atomic mass is 32.2. The first-order valence-corrected chi connectivity index (χ1v) is 5.04. The summed E-state index contributed by atoms with van der Waals surface area (Å²) < 4.78 is 47.6. The molecule has 0 aliphatic carbocycles. The molecule has 78 valence electrons. The minimum absolute atomic E-state index is 0.0605. The molecule has 0 amide bonds. The molecule has 0 aliphatic rings. The average Bonchev–Trinajstić information content (AvgIpc) is 2.08. The van der Waals surface area contributed by atoms with Gasteiger partial charge in [0.2, 0.25) is 6.43 Å². The van der Waals surface area contributed by atoms with E-state index in [-0.39, 0.29) is 10.6 Å². The van der Waals surface area contributed by atoms with Crippen LogP contribution in [0.4, 0.5) is 18.9 Å². The summed E-state index contributed by atoms with van der Waals surface area (Å²) in [6, 6.07) is 3.19. The molecule has 1 rings (SSSR count). The third kappa shape index (κ3) is 2.73. The van der Waals surface area contributed by atoms with Gasteiger partial charge in [0.15, 0.2) is 0 Å². The summed E-state index contributed by atoms with van der Waals surface area (Å²) in [6.45, 7) is 0. The Labute approximate surface area is 81.4 Å². The molecule has 1 atom stereocenters. The Morgan fingerprint density at radius 1 is 1.43 bits per heavy atom.